The Labute approximate surface area is 147 Å². The minimum absolute atomic E-state index is 0.286. The van der Waals surface area contributed by atoms with Gasteiger partial charge in [0.25, 0.3) is 0 Å². The van der Waals surface area contributed by atoms with Crippen LogP contribution >= 0.6 is 0 Å². The lowest BCUT2D eigenvalue weighted by molar-refractivity contribution is 0.0697. The molecule has 3 heteroatoms. The fourth-order valence-electron chi connectivity index (χ4n) is 2.58. The van der Waals surface area contributed by atoms with Crippen LogP contribution in [0.3, 0.4) is 0 Å². The number of carbonyl (C=O) groups is 1. The number of ether oxygens (including phenoxy) is 1. The zero-order chi connectivity index (χ0) is 17.8. The van der Waals surface area contributed by atoms with Gasteiger partial charge in [-0.2, -0.15) is 0 Å². The van der Waals surface area contributed by atoms with Crippen LogP contribution in [-0.2, 0) is 0 Å². The van der Waals surface area contributed by atoms with Crippen molar-refractivity contribution in [3.63, 3.8) is 0 Å². The molecule has 0 aliphatic carbocycles. The molecule has 0 heterocycles. The van der Waals surface area contributed by atoms with Gasteiger partial charge in [-0.25, -0.2) is 4.79 Å². The third kappa shape index (κ3) is 4.07. The molecular formula is C22H20O3. The van der Waals surface area contributed by atoms with Gasteiger partial charge >= 0.3 is 5.97 Å². The van der Waals surface area contributed by atoms with Crippen LogP contribution < -0.4 is 4.74 Å². The average Bonchev–Trinajstić information content (AvgIpc) is 2.63. The highest BCUT2D eigenvalue weighted by molar-refractivity contribution is 5.88. The van der Waals surface area contributed by atoms with Crippen molar-refractivity contribution >= 4 is 5.97 Å². The third-order valence-electron chi connectivity index (χ3n) is 4.10. The first-order valence-corrected chi connectivity index (χ1v) is 8.24. The summed E-state index contributed by atoms with van der Waals surface area (Å²) in [6.07, 6.45) is 0. The smallest absolute Gasteiger partial charge is 0.335 e. The Balaban J connectivity index is 1.72. The monoisotopic (exact) mass is 332 g/mol. The number of carboxylic acids is 1. The Morgan fingerprint density at radius 2 is 1.20 bits per heavy atom. The van der Waals surface area contributed by atoms with Crippen LogP contribution in [0, 0.1) is 0 Å². The lowest BCUT2D eigenvalue weighted by Gasteiger charge is -2.09. The quantitative estimate of drug-likeness (QED) is 0.626. The van der Waals surface area contributed by atoms with Crippen LogP contribution in [0.4, 0.5) is 0 Å². The van der Waals surface area contributed by atoms with E-state index in [-0.39, 0.29) is 5.56 Å². The fourth-order valence-corrected chi connectivity index (χ4v) is 2.58. The average molecular weight is 332 g/mol. The third-order valence-corrected chi connectivity index (χ3v) is 4.10. The van der Waals surface area contributed by atoms with E-state index < -0.39 is 5.97 Å². The first-order valence-electron chi connectivity index (χ1n) is 8.24. The lowest BCUT2D eigenvalue weighted by Crippen LogP contribution is -1.94. The summed E-state index contributed by atoms with van der Waals surface area (Å²) in [5.41, 5.74) is 3.55. The van der Waals surface area contributed by atoms with Crippen molar-refractivity contribution < 1.29 is 14.6 Å². The van der Waals surface area contributed by atoms with Gasteiger partial charge in [-0.15, -0.1) is 0 Å². The maximum absolute atomic E-state index is 10.9. The number of hydrogen-bond donors (Lipinski definition) is 1. The fraction of sp³-hybridized carbons (Fsp3) is 0.136. The Bertz CT molecular complexity index is 845. The van der Waals surface area contributed by atoms with E-state index in [1.807, 2.05) is 48.5 Å². The van der Waals surface area contributed by atoms with Crippen molar-refractivity contribution in [1.82, 2.24) is 0 Å². The van der Waals surface area contributed by atoms with E-state index in [1.165, 1.54) is 5.56 Å². The molecule has 126 valence electrons. The van der Waals surface area contributed by atoms with E-state index in [0.717, 1.165) is 22.6 Å². The molecule has 0 radical (unpaired) electrons. The molecule has 0 unspecified atom stereocenters. The Hall–Kier alpha value is -3.07. The van der Waals surface area contributed by atoms with Crippen LogP contribution in [-0.4, -0.2) is 11.1 Å². The van der Waals surface area contributed by atoms with Crippen LogP contribution in [0.2, 0.25) is 0 Å². The second kappa shape index (κ2) is 7.22. The summed E-state index contributed by atoms with van der Waals surface area (Å²) in [6, 6.07) is 22.7. The first-order chi connectivity index (χ1) is 12.0. The molecule has 0 saturated heterocycles. The summed E-state index contributed by atoms with van der Waals surface area (Å²) in [5, 5.41) is 8.95. The molecule has 3 aromatic carbocycles. The molecule has 0 fully saturated rings. The zero-order valence-corrected chi connectivity index (χ0v) is 14.3. The van der Waals surface area contributed by atoms with E-state index in [2.05, 4.69) is 26.0 Å². The zero-order valence-electron chi connectivity index (χ0n) is 14.3. The number of carboxylic acid groups (broad SMARTS) is 1. The topological polar surface area (TPSA) is 46.5 Å². The molecule has 0 bridgehead atoms. The predicted octanol–water partition coefficient (Wildman–Crippen LogP) is 5.97. The highest BCUT2D eigenvalue weighted by atomic mass is 16.5. The summed E-state index contributed by atoms with van der Waals surface area (Å²) >= 11 is 0. The van der Waals surface area contributed by atoms with Gasteiger partial charge in [0.15, 0.2) is 0 Å². The van der Waals surface area contributed by atoms with Gasteiger partial charge in [-0.05, 0) is 59.0 Å². The number of rotatable bonds is 5. The largest absolute Gasteiger partial charge is 0.478 e. The number of benzene rings is 3. The standard InChI is InChI=1S/C22H20O3/c1-15(2)16-7-11-20(12-8-16)25-21-13-9-18(10-14-21)17-3-5-19(6-4-17)22(23)24/h3-15H,1-2H3,(H,23,24). The summed E-state index contributed by atoms with van der Waals surface area (Å²) in [7, 11) is 0. The van der Waals surface area contributed by atoms with Crippen molar-refractivity contribution in [2.24, 2.45) is 0 Å². The van der Waals surface area contributed by atoms with Crippen LogP contribution in [0.1, 0.15) is 35.7 Å². The molecule has 3 nitrogen and oxygen atoms in total. The van der Waals surface area contributed by atoms with Gasteiger partial charge in [0.1, 0.15) is 11.5 Å². The molecular weight excluding hydrogens is 312 g/mol. The van der Waals surface area contributed by atoms with E-state index in [1.54, 1.807) is 12.1 Å². The molecule has 0 aliphatic heterocycles. The number of hydrogen-bond acceptors (Lipinski definition) is 2. The normalized spacial score (nSPS) is 10.7. The van der Waals surface area contributed by atoms with Crippen molar-refractivity contribution in [2.45, 2.75) is 19.8 Å². The van der Waals surface area contributed by atoms with Crippen LogP contribution in [0.15, 0.2) is 72.8 Å². The molecule has 25 heavy (non-hydrogen) atoms. The molecule has 0 aromatic heterocycles. The summed E-state index contributed by atoms with van der Waals surface area (Å²) < 4.78 is 5.88. The molecule has 0 atom stereocenters. The van der Waals surface area contributed by atoms with Crippen LogP contribution in [0.5, 0.6) is 11.5 Å². The summed E-state index contributed by atoms with van der Waals surface area (Å²) in [4.78, 5) is 10.9. The van der Waals surface area contributed by atoms with E-state index in [4.69, 9.17) is 9.84 Å². The van der Waals surface area contributed by atoms with Gasteiger partial charge in [-0.3, -0.25) is 0 Å². The van der Waals surface area contributed by atoms with Gasteiger partial charge in [0.2, 0.25) is 0 Å². The molecule has 3 aromatic rings. The van der Waals surface area contributed by atoms with Gasteiger partial charge in [0.05, 0.1) is 5.56 Å². The highest BCUT2D eigenvalue weighted by Crippen LogP contribution is 2.27. The summed E-state index contributed by atoms with van der Waals surface area (Å²) in [5.74, 6) is 1.16. The molecule has 0 aliphatic rings. The van der Waals surface area contributed by atoms with Gasteiger partial charge in [-0.1, -0.05) is 50.2 Å². The molecule has 3 rings (SSSR count). The lowest BCUT2D eigenvalue weighted by atomic mass is 10.0. The molecule has 0 saturated carbocycles. The number of aromatic carboxylic acids is 1. The Kier molecular flexibility index (Phi) is 4.85. The Morgan fingerprint density at radius 1 is 0.760 bits per heavy atom. The van der Waals surface area contributed by atoms with E-state index in [0.29, 0.717) is 5.92 Å². The maximum atomic E-state index is 10.9. The Morgan fingerprint density at radius 3 is 1.64 bits per heavy atom. The summed E-state index contributed by atoms with van der Waals surface area (Å²) in [6.45, 7) is 4.33. The van der Waals surface area contributed by atoms with Crippen molar-refractivity contribution in [3.05, 3.63) is 83.9 Å². The second-order valence-corrected chi connectivity index (χ2v) is 6.23. The SMILES string of the molecule is CC(C)c1ccc(Oc2ccc(-c3ccc(C(=O)O)cc3)cc2)cc1. The maximum Gasteiger partial charge on any atom is 0.335 e. The second-order valence-electron chi connectivity index (χ2n) is 6.23. The highest BCUT2D eigenvalue weighted by Gasteiger charge is 2.04. The van der Waals surface area contributed by atoms with Crippen LogP contribution in [0.25, 0.3) is 11.1 Å². The minimum atomic E-state index is -0.918. The molecule has 1 N–H and O–H groups in total. The molecule has 0 amide bonds. The first kappa shape index (κ1) is 16.8. The van der Waals surface area contributed by atoms with Crippen molar-refractivity contribution in [1.29, 1.82) is 0 Å². The van der Waals surface area contributed by atoms with E-state index >= 15 is 0 Å². The van der Waals surface area contributed by atoms with Crippen molar-refractivity contribution in [2.75, 3.05) is 0 Å². The minimum Gasteiger partial charge on any atom is -0.478 e. The molecule has 0 spiro atoms. The van der Waals surface area contributed by atoms with Crippen molar-refractivity contribution in [3.8, 4) is 22.6 Å². The van der Waals surface area contributed by atoms with Gasteiger partial charge in [0, 0.05) is 0 Å². The predicted molar refractivity (Wildman–Crippen MR) is 99.4 cm³/mol. The van der Waals surface area contributed by atoms with Gasteiger partial charge < -0.3 is 9.84 Å². The van der Waals surface area contributed by atoms with E-state index in [9.17, 15) is 4.79 Å².